The van der Waals surface area contributed by atoms with Gasteiger partial charge in [-0.15, -0.1) is 0 Å². The summed E-state index contributed by atoms with van der Waals surface area (Å²) in [5.74, 6) is 2.78. The molecule has 0 spiro atoms. The van der Waals surface area contributed by atoms with Gasteiger partial charge in [0, 0.05) is 17.7 Å². The average Bonchev–Trinajstić information content (AvgIpc) is 2.28. The lowest BCUT2D eigenvalue weighted by atomic mass is 9.88. The molecular formula is C14H23N3. The number of rotatable bonds is 3. The van der Waals surface area contributed by atoms with Gasteiger partial charge in [0.25, 0.3) is 0 Å². The number of nitrogens with two attached hydrogens (primary N) is 1. The van der Waals surface area contributed by atoms with E-state index in [9.17, 15) is 0 Å². The Morgan fingerprint density at radius 1 is 1.24 bits per heavy atom. The van der Waals surface area contributed by atoms with Crippen LogP contribution in [0, 0.1) is 5.92 Å². The summed E-state index contributed by atoms with van der Waals surface area (Å²) in [5.41, 5.74) is 7.00. The highest BCUT2D eigenvalue weighted by Gasteiger charge is 2.19. The summed E-state index contributed by atoms with van der Waals surface area (Å²) in [5, 5.41) is 0. The summed E-state index contributed by atoms with van der Waals surface area (Å²) in [7, 11) is 0. The van der Waals surface area contributed by atoms with Crippen LogP contribution in [0.4, 0.5) is 5.82 Å². The normalized spacial score (nSPS) is 17.6. The number of hydrogen-bond donors (Lipinski definition) is 1. The fourth-order valence-electron chi connectivity index (χ4n) is 2.61. The second kappa shape index (κ2) is 5.48. The Labute approximate surface area is 104 Å². The molecule has 94 valence electrons. The van der Waals surface area contributed by atoms with E-state index in [-0.39, 0.29) is 0 Å². The smallest absolute Gasteiger partial charge is 0.134 e. The third kappa shape index (κ3) is 3.42. The molecule has 0 aliphatic heterocycles. The van der Waals surface area contributed by atoms with Crippen LogP contribution in [0.1, 0.15) is 63.4 Å². The van der Waals surface area contributed by atoms with Crippen LogP contribution in [0.3, 0.4) is 0 Å². The van der Waals surface area contributed by atoms with E-state index in [1.54, 1.807) is 0 Å². The molecule has 3 nitrogen and oxygen atoms in total. The first-order valence-corrected chi connectivity index (χ1v) is 6.78. The van der Waals surface area contributed by atoms with Crippen LogP contribution in [-0.4, -0.2) is 9.97 Å². The Kier molecular flexibility index (Phi) is 3.97. The van der Waals surface area contributed by atoms with Crippen molar-refractivity contribution in [2.75, 3.05) is 5.73 Å². The van der Waals surface area contributed by atoms with Crippen molar-refractivity contribution >= 4 is 5.82 Å². The minimum atomic E-state index is 0.540. The maximum Gasteiger partial charge on any atom is 0.134 e. The number of hydrogen-bond acceptors (Lipinski definition) is 3. The zero-order valence-electron chi connectivity index (χ0n) is 10.9. The van der Waals surface area contributed by atoms with Gasteiger partial charge in [-0.3, -0.25) is 0 Å². The Morgan fingerprint density at radius 2 is 1.94 bits per heavy atom. The van der Waals surface area contributed by atoms with Crippen LogP contribution >= 0.6 is 0 Å². The topological polar surface area (TPSA) is 51.8 Å². The van der Waals surface area contributed by atoms with Gasteiger partial charge in [-0.25, -0.2) is 9.97 Å². The van der Waals surface area contributed by atoms with Gasteiger partial charge >= 0.3 is 0 Å². The molecule has 1 fully saturated rings. The third-order valence-electron chi connectivity index (χ3n) is 3.40. The van der Waals surface area contributed by atoms with Crippen molar-refractivity contribution in [2.45, 2.75) is 58.3 Å². The summed E-state index contributed by atoms with van der Waals surface area (Å²) in [6.45, 7) is 4.41. The highest BCUT2D eigenvalue weighted by Crippen LogP contribution is 2.31. The van der Waals surface area contributed by atoms with Crippen molar-refractivity contribution in [2.24, 2.45) is 5.92 Å². The van der Waals surface area contributed by atoms with E-state index in [4.69, 9.17) is 10.7 Å². The van der Waals surface area contributed by atoms with E-state index >= 15 is 0 Å². The summed E-state index contributed by atoms with van der Waals surface area (Å²) in [4.78, 5) is 9.14. The SMILES string of the molecule is CC(C)Cc1cc(N)nc(C2CCCCC2)n1. The molecule has 2 N–H and O–H groups in total. The predicted octanol–water partition coefficient (Wildman–Crippen LogP) is 3.31. The summed E-state index contributed by atoms with van der Waals surface area (Å²) >= 11 is 0. The van der Waals surface area contributed by atoms with Gasteiger partial charge in [-0.05, 0) is 25.2 Å². The Bertz CT molecular complexity index is 368. The molecule has 17 heavy (non-hydrogen) atoms. The number of nitrogens with zero attached hydrogens (tertiary/aromatic N) is 2. The van der Waals surface area contributed by atoms with Gasteiger partial charge in [0.05, 0.1) is 0 Å². The first-order valence-electron chi connectivity index (χ1n) is 6.78. The molecule has 0 aromatic carbocycles. The maximum atomic E-state index is 5.89. The van der Waals surface area contributed by atoms with Crippen molar-refractivity contribution in [1.82, 2.24) is 9.97 Å². The quantitative estimate of drug-likeness (QED) is 0.871. The molecule has 2 rings (SSSR count). The van der Waals surface area contributed by atoms with Crippen molar-refractivity contribution in [3.8, 4) is 0 Å². The minimum Gasteiger partial charge on any atom is -0.384 e. The maximum absolute atomic E-state index is 5.89. The largest absolute Gasteiger partial charge is 0.384 e. The summed E-state index contributed by atoms with van der Waals surface area (Å²) < 4.78 is 0. The highest BCUT2D eigenvalue weighted by molar-refractivity contribution is 5.30. The molecule has 0 radical (unpaired) electrons. The highest BCUT2D eigenvalue weighted by atomic mass is 15.0. The van der Waals surface area contributed by atoms with Crippen LogP contribution in [0.5, 0.6) is 0 Å². The predicted molar refractivity (Wildman–Crippen MR) is 70.8 cm³/mol. The van der Waals surface area contributed by atoms with Crippen LogP contribution < -0.4 is 5.73 Å². The molecule has 3 heteroatoms. The zero-order chi connectivity index (χ0) is 12.3. The van der Waals surface area contributed by atoms with Crippen molar-refractivity contribution < 1.29 is 0 Å². The third-order valence-corrected chi connectivity index (χ3v) is 3.40. The summed E-state index contributed by atoms with van der Waals surface area (Å²) in [6, 6.07) is 1.92. The van der Waals surface area contributed by atoms with E-state index < -0.39 is 0 Å². The molecule has 0 bridgehead atoms. The van der Waals surface area contributed by atoms with E-state index in [2.05, 4.69) is 18.8 Å². The second-order valence-corrected chi connectivity index (χ2v) is 5.58. The Morgan fingerprint density at radius 3 is 2.59 bits per heavy atom. The van der Waals surface area contributed by atoms with Crippen LogP contribution in [-0.2, 0) is 6.42 Å². The molecule has 0 saturated heterocycles. The first kappa shape index (κ1) is 12.3. The fraction of sp³-hybridized carbons (Fsp3) is 0.714. The van der Waals surface area contributed by atoms with Gasteiger partial charge in [0.2, 0.25) is 0 Å². The Balaban J connectivity index is 2.18. The lowest BCUT2D eigenvalue weighted by molar-refractivity contribution is 0.427. The molecule has 1 aliphatic carbocycles. The van der Waals surface area contributed by atoms with E-state index in [1.807, 2.05) is 6.07 Å². The number of anilines is 1. The number of aromatic nitrogens is 2. The average molecular weight is 233 g/mol. The van der Waals surface area contributed by atoms with Gasteiger partial charge in [-0.2, -0.15) is 0 Å². The number of nitrogen functional groups attached to an aromatic ring is 1. The van der Waals surface area contributed by atoms with E-state index in [1.165, 1.54) is 32.1 Å². The minimum absolute atomic E-state index is 0.540. The molecule has 1 aromatic heterocycles. The van der Waals surface area contributed by atoms with E-state index in [0.29, 0.717) is 17.7 Å². The van der Waals surface area contributed by atoms with Crippen molar-refractivity contribution in [3.63, 3.8) is 0 Å². The molecule has 0 amide bonds. The molecule has 0 atom stereocenters. The second-order valence-electron chi connectivity index (χ2n) is 5.58. The van der Waals surface area contributed by atoms with Gasteiger partial charge in [0.15, 0.2) is 0 Å². The monoisotopic (exact) mass is 233 g/mol. The fourth-order valence-corrected chi connectivity index (χ4v) is 2.61. The molecule has 1 aromatic rings. The molecule has 1 heterocycles. The Hall–Kier alpha value is -1.12. The van der Waals surface area contributed by atoms with Crippen LogP contribution in [0.2, 0.25) is 0 Å². The van der Waals surface area contributed by atoms with E-state index in [0.717, 1.165) is 17.9 Å². The van der Waals surface area contributed by atoms with Crippen LogP contribution in [0.15, 0.2) is 6.07 Å². The summed E-state index contributed by atoms with van der Waals surface area (Å²) in [6.07, 6.45) is 7.42. The van der Waals surface area contributed by atoms with Crippen LogP contribution in [0.25, 0.3) is 0 Å². The van der Waals surface area contributed by atoms with Crippen molar-refractivity contribution in [1.29, 1.82) is 0 Å². The van der Waals surface area contributed by atoms with Gasteiger partial charge < -0.3 is 5.73 Å². The lowest BCUT2D eigenvalue weighted by Crippen LogP contribution is -2.12. The lowest BCUT2D eigenvalue weighted by Gasteiger charge is -2.21. The zero-order valence-corrected chi connectivity index (χ0v) is 10.9. The standard InChI is InChI=1S/C14H23N3/c1-10(2)8-12-9-13(15)17-14(16-12)11-6-4-3-5-7-11/h9-11H,3-8H2,1-2H3,(H2,15,16,17). The molecular weight excluding hydrogens is 210 g/mol. The van der Waals surface area contributed by atoms with Gasteiger partial charge in [0.1, 0.15) is 11.6 Å². The first-order chi connectivity index (χ1) is 8.15. The van der Waals surface area contributed by atoms with Gasteiger partial charge in [-0.1, -0.05) is 33.1 Å². The van der Waals surface area contributed by atoms with Crippen molar-refractivity contribution in [3.05, 3.63) is 17.6 Å². The molecule has 1 saturated carbocycles. The molecule has 0 unspecified atom stereocenters. The molecule has 1 aliphatic rings.